The molecule has 2 amide bonds. The molecule has 2 saturated heterocycles. The van der Waals surface area contributed by atoms with E-state index < -0.39 is 0 Å². The van der Waals surface area contributed by atoms with Gasteiger partial charge >= 0.3 is 0 Å². The van der Waals surface area contributed by atoms with E-state index in [0.717, 1.165) is 25.9 Å². The lowest BCUT2D eigenvalue weighted by molar-refractivity contribution is 0.0728. The van der Waals surface area contributed by atoms with Crippen LogP contribution in [0.5, 0.6) is 0 Å². The third-order valence-electron chi connectivity index (χ3n) is 6.03. The number of pyridine rings is 1. The summed E-state index contributed by atoms with van der Waals surface area (Å²) in [5.74, 6) is 0.963. The van der Waals surface area contributed by atoms with Crippen LogP contribution in [0.25, 0.3) is 0 Å². The molecule has 0 bridgehead atoms. The van der Waals surface area contributed by atoms with E-state index in [9.17, 15) is 9.59 Å². The summed E-state index contributed by atoms with van der Waals surface area (Å²) >= 11 is 0. The standard InChI is InChI=1S/C19H27N3O2/c1-12-6-9-21(14(12)3)18(23)16-5-8-20-17(11-16)19(24)22-10-7-13(2)15(22)4/h5,8,11-15H,6-7,9-10H2,1-4H3. The third kappa shape index (κ3) is 2.92. The Morgan fingerprint density at radius 2 is 1.50 bits per heavy atom. The molecule has 0 saturated carbocycles. The Morgan fingerprint density at radius 3 is 2.00 bits per heavy atom. The van der Waals surface area contributed by atoms with Crippen molar-refractivity contribution in [1.29, 1.82) is 0 Å². The fraction of sp³-hybridized carbons (Fsp3) is 0.632. The summed E-state index contributed by atoms with van der Waals surface area (Å²) in [7, 11) is 0. The van der Waals surface area contributed by atoms with Crippen LogP contribution in [0.3, 0.4) is 0 Å². The molecule has 4 unspecified atom stereocenters. The minimum atomic E-state index is -0.0654. The molecule has 2 aliphatic rings. The van der Waals surface area contributed by atoms with Crippen molar-refractivity contribution in [2.24, 2.45) is 11.8 Å². The van der Waals surface area contributed by atoms with Crippen LogP contribution >= 0.6 is 0 Å². The summed E-state index contributed by atoms with van der Waals surface area (Å²) in [5.41, 5.74) is 0.941. The van der Waals surface area contributed by atoms with Crippen molar-refractivity contribution in [1.82, 2.24) is 14.8 Å². The number of hydrogen-bond donors (Lipinski definition) is 0. The molecule has 130 valence electrons. The molecule has 0 radical (unpaired) electrons. The van der Waals surface area contributed by atoms with Crippen LogP contribution in [0.1, 0.15) is 61.4 Å². The van der Waals surface area contributed by atoms with Gasteiger partial charge in [-0.3, -0.25) is 14.6 Å². The molecule has 0 aromatic carbocycles. The van der Waals surface area contributed by atoms with Gasteiger partial charge in [0, 0.05) is 36.9 Å². The van der Waals surface area contributed by atoms with Gasteiger partial charge in [0.25, 0.3) is 11.8 Å². The molecule has 2 fully saturated rings. The number of nitrogens with zero attached hydrogens (tertiary/aromatic N) is 3. The second kappa shape index (κ2) is 6.54. The summed E-state index contributed by atoms with van der Waals surface area (Å²) in [5, 5.41) is 0. The molecular weight excluding hydrogens is 302 g/mol. The number of amides is 2. The Balaban J connectivity index is 1.79. The van der Waals surface area contributed by atoms with E-state index in [1.807, 2.05) is 9.80 Å². The molecule has 24 heavy (non-hydrogen) atoms. The zero-order valence-electron chi connectivity index (χ0n) is 15.0. The second-order valence-electron chi connectivity index (χ2n) is 7.44. The Hall–Kier alpha value is -1.91. The molecule has 5 nitrogen and oxygen atoms in total. The van der Waals surface area contributed by atoms with Crippen molar-refractivity contribution in [3.63, 3.8) is 0 Å². The molecule has 3 rings (SSSR count). The van der Waals surface area contributed by atoms with Gasteiger partial charge in [-0.05, 0) is 50.7 Å². The van der Waals surface area contributed by atoms with Crippen LogP contribution in [0, 0.1) is 11.8 Å². The minimum absolute atomic E-state index is 0.00568. The first-order valence-corrected chi connectivity index (χ1v) is 8.98. The molecule has 1 aromatic rings. The largest absolute Gasteiger partial charge is 0.336 e. The summed E-state index contributed by atoms with van der Waals surface area (Å²) in [6, 6.07) is 3.84. The Morgan fingerprint density at radius 1 is 0.958 bits per heavy atom. The van der Waals surface area contributed by atoms with Crippen LogP contribution in [-0.2, 0) is 0 Å². The van der Waals surface area contributed by atoms with Gasteiger partial charge in [0.1, 0.15) is 5.69 Å². The zero-order chi connectivity index (χ0) is 17.4. The highest BCUT2D eigenvalue weighted by Crippen LogP contribution is 2.27. The van der Waals surface area contributed by atoms with Gasteiger partial charge < -0.3 is 9.80 Å². The monoisotopic (exact) mass is 329 g/mol. The summed E-state index contributed by atoms with van der Waals surface area (Å²) < 4.78 is 0. The molecule has 0 spiro atoms. The van der Waals surface area contributed by atoms with E-state index in [1.165, 1.54) is 0 Å². The lowest BCUT2D eigenvalue weighted by Crippen LogP contribution is -2.37. The van der Waals surface area contributed by atoms with Crippen molar-refractivity contribution < 1.29 is 9.59 Å². The quantitative estimate of drug-likeness (QED) is 0.838. The SMILES string of the molecule is CC1CCN(C(=O)c2ccnc(C(=O)N3CCC(C)C3C)c2)C1C. The fourth-order valence-electron chi connectivity index (χ4n) is 3.76. The smallest absolute Gasteiger partial charge is 0.272 e. The summed E-state index contributed by atoms with van der Waals surface area (Å²) in [4.78, 5) is 33.6. The van der Waals surface area contributed by atoms with Crippen LogP contribution in [-0.4, -0.2) is 51.8 Å². The number of rotatable bonds is 2. The lowest BCUT2D eigenvalue weighted by atomic mass is 10.0. The van der Waals surface area contributed by atoms with Gasteiger partial charge in [-0.1, -0.05) is 13.8 Å². The van der Waals surface area contributed by atoms with Crippen molar-refractivity contribution in [2.75, 3.05) is 13.1 Å². The van der Waals surface area contributed by atoms with Crippen molar-refractivity contribution in [3.05, 3.63) is 29.6 Å². The van der Waals surface area contributed by atoms with E-state index in [1.54, 1.807) is 18.3 Å². The molecule has 4 atom stereocenters. The number of carbonyl (C=O) groups excluding carboxylic acids is 2. The normalized spacial score (nSPS) is 30.0. The van der Waals surface area contributed by atoms with E-state index in [2.05, 4.69) is 32.7 Å². The fourth-order valence-corrected chi connectivity index (χ4v) is 3.76. The molecule has 3 heterocycles. The van der Waals surface area contributed by atoms with Gasteiger partial charge in [-0.15, -0.1) is 0 Å². The van der Waals surface area contributed by atoms with Crippen LogP contribution in [0.4, 0.5) is 0 Å². The van der Waals surface area contributed by atoms with Crippen molar-refractivity contribution >= 4 is 11.8 Å². The second-order valence-corrected chi connectivity index (χ2v) is 7.44. The highest BCUT2D eigenvalue weighted by atomic mass is 16.2. The maximum absolute atomic E-state index is 12.8. The first-order valence-electron chi connectivity index (χ1n) is 8.98. The summed E-state index contributed by atoms with van der Waals surface area (Å²) in [6.45, 7) is 10.1. The van der Waals surface area contributed by atoms with E-state index >= 15 is 0 Å². The molecule has 0 N–H and O–H groups in total. The van der Waals surface area contributed by atoms with E-state index in [-0.39, 0.29) is 23.9 Å². The maximum Gasteiger partial charge on any atom is 0.272 e. The predicted octanol–water partition coefficient (Wildman–Crippen LogP) is 2.82. The zero-order valence-corrected chi connectivity index (χ0v) is 15.0. The highest BCUT2D eigenvalue weighted by Gasteiger charge is 2.34. The Labute approximate surface area is 144 Å². The predicted molar refractivity (Wildman–Crippen MR) is 92.8 cm³/mol. The Bertz CT molecular complexity index is 594. The molecule has 0 aliphatic carbocycles. The van der Waals surface area contributed by atoms with Gasteiger partial charge in [-0.2, -0.15) is 0 Å². The average Bonchev–Trinajstić information content (AvgIpc) is 3.10. The molecule has 2 aliphatic heterocycles. The van der Waals surface area contributed by atoms with Crippen molar-refractivity contribution in [3.8, 4) is 0 Å². The van der Waals surface area contributed by atoms with Crippen LogP contribution in [0.2, 0.25) is 0 Å². The van der Waals surface area contributed by atoms with E-state index in [0.29, 0.717) is 23.1 Å². The first-order chi connectivity index (χ1) is 11.4. The van der Waals surface area contributed by atoms with Crippen LogP contribution < -0.4 is 0 Å². The number of carbonyl (C=O) groups is 2. The molecule has 5 heteroatoms. The van der Waals surface area contributed by atoms with Gasteiger partial charge in [0.05, 0.1) is 0 Å². The molecular formula is C19H27N3O2. The van der Waals surface area contributed by atoms with Crippen molar-refractivity contribution in [2.45, 2.75) is 52.6 Å². The first kappa shape index (κ1) is 16.9. The number of likely N-dealkylation sites (tertiary alicyclic amines) is 2. The number of hydrogen-bond acceptors (Lipinski definition) is 3. The lowest BCUT2D eigenvalue weighted by Gasteiger charge is -2.24. The number of aromatic nitrogens is 1. The maximum atomic E-state index is 12.8. The minimum Gasteiger partial charge on any atom is -0.336 e. The van der Waals surface area contributed by atoms with Gasteiger partial charge in [0.15, 0.2) is 0 Å². The van der Waals surface area contributed by atoms with Gasteiger partial charge in [0.2, 0.25) is 0 Å². The molecule has 1 aromatic heterocycles. The van der Waals surface area contributed by atoms with E-state index in [4.69, 9.17) is 0 Å². The summed E-state index contributed by atoms with van der Waals surface area (Å²) in [6.07, 6.45) is 3.64. The van der Waals surface area contributed by atoms with Crippen LogP contribution in [0.15, 0.2) is 18.3 Å². The van der Waals surface area contributed by atoms with Gasteiger partial charge in [-0.25, -0.2) is 0 Å². The highest BCUT2D eigenvalue weighted by molar-refractivity contribution is 5.98. The topological polar surface area (TPSA) is 53.5 Å². The Kier molecular flexibility index (Phi) is 4.61. The average molecular weight is 329 g/mol. The third-order valence-corrected chi connectivity index (χ3v) is 6.03.